The lowest BCUT2D eigenvalue weighted by Gasteiger charge is -2.22. The summed E-state index contributed by atoms with van der Waals surface area (Å²) >= 11 is 1.70. The molecule has 1 aromatic heterocycles. The Morgan fingerprint density at radius 3 is 2.76 bits per heavy atom. The smallest absolute Gasteiger partial charge is 0.220 e. The van der Waals surface area contributed by atoms with Crippen molar-refractivity contribution in [2.75, 3.05) is 13.1 Å². The van der Waals surface area contributed by atoms with Crippen LogP contribution in [0.4, 0.5) is 0 Å². The zero-order chi connectivity index (χ0) is 15.2. The highest BCUT2D eigenvalue weighted by atomic mass is 32.1. The molecule has 0 aliphatic carbocycles. The molecular formula is C16H27N3OS. The Morgan fingerprint density at radius 2 is 2.14 bits per heavy atom. The number of nitrogens with one attached hydrogen (secondary N) is 2. The molecule has 2 rings (SSSR count). The second kappa shape index (κ2) is 7.90. The Bertz CT molecular complexity index is 464. The zero-order valence-electron chi connectivity index (χ0n) is 13.4. The van der Waals surface area contributed by atoms with E-state index < -0.39 is 0 Å². The van der Waals surface area contributed by atoms with E-state index in [0.717, 1.165) is 24.5 Å². The Labute approximate surface area is 131 Å². The lowest BCUT2D eigenvalue weighted by atomic mass is 9.93. The van der Waals surface area contributed by atoms with Gasteiger partial charge in [0.25, 0.3) is 0 Å². The van der Waals surface area contributed by atoms with Crippen LogP contribution in [0, 0.1) is 12.8 Å². The van der Waals surface area contributed by atoms with Gasteiger partial charge in [0.2, 0.25) is 5.91 Å². The molecule has 118 valence electrons. The van der Waals surface area contributed by atoms with Crippen molar-refractivity contribution in [2.45, 2.75) is 58.9 Å². The van der Waals surface area contributed by atoms with E-state index >= 15 is 0 Å². The second-order valence-electron chi connectivity index (χ2n) is 6.21. The van der Waals surface area contributed by atoms with Crippen molar-refractivity contribution < 1.29 is 4.79 Å². The fraction of sp³-hybridized carbons (Fsp3) is 0.750. The number of piperidine rings is 1. The molecule has 1 aliphatic heterocycles. The van der Waals surface area contributed by atoms with Gasteiger partial charge in [-0.25, -0.2) is 4.98 Å². The van der Waals surface area contributed by atoms with Gasteiger partial charge in [-0.3, -0.25) is 4.79 Å². The fourth-order valence-electron chi connectivity index (χ4n) is 2.84. The van der Waals surface area contributed by atoms with Gasteiger partial charge in [0, 0.05) is 11.3 Å². The Hall–Kier alpha value is -0.940. The minimum atomic E-state index is 0.160. The molecule has 1 amide bonds. The Morgan fingerprint density at radius 1 is 1.43 bits per heavy atom. The van der Waals surface area contributed by atoms with E-state index in [1.165, 1.54) is 23.4 Å². The lowest BCUT2D eigenvalue weighted by molar-refractivity contribution is -0.121. The van der Waals surface area contributed by atoms with Crippen molar-refractivity contribution >= 4 is 17.2 Å². The van der Waals surface area contributed by atoms with Gasteiger partial charge < -0.3 is 10.6 Å². The number of carbonyl (C=O) groups is 1. The van der Waals surface area contributed by atoms with Crippen LogP contribution in [0.5, 0.6) is 0 Å². The van der Waals surface area contributed by atoms with Crippen LogP contribution in [-0.2, 0) is 11.3 Å². The SMILES string of the molecule is Cc1sc(CNC(=O)CCC2CCNCC2)nc1C(C)C. The minimum Gasteiger partial charge on any atom is -0.350 e. The van der Waals surface area contributed by atoms with Crippen molar-refractivity contribution in [3.63, 3.8) is 0 Å². The number of carbonyl (C=O) groups excluding carboxylic acids is 1. The molecule has 1 aromatic rings. The lowest BCUT2D eigenvalue weighted by Crippen LogP contribution is -2.29. The van der Waals surface area contributed by atoms with Crippen molar-refractivity contribution in [2.24, 2.45) is 5.92 Å². The Kier molecular flexibility index (Phi) is 6.18. The number of thiazole rings is 1. The van der Waals surface area contributed by atoms with E-state index in [1.807, 2.05) is 0 Å². The number of aromatic nitrogens is 1. The monoisotopic (exact) mass is 309 g/mol. The van der Waals surface area contributed by atoms with Crippen LogP contribution in [0.25, 0.3) is 0 Å². The number of amides is 1. The summed E-state index contributed by atoms with van der Waals surface area (Å²) in [7, 11) is 0. The van der Waals surface area contributed by atoms with Crippen molar-refractivity contribution in [1.29, 1.82) is 0 Å². The third-order valence-corrected chi connectivity index (χ3v) is 5.09. The predicted molar refractivity (Wildman–Crippen MR) is 87.6 cm³/mol. The van der Waals surface area contributed by atoms with Crippen LogP contribution in [0.15, 0.2) is 0 Å². The van der Waals surface area contributed by atoms with Crippen molar-refractivity contribution in [3.05, 3.63) is 15.6 Å². The van der Waals surface area contributed by atoms with Gasteiger partial charge in [-0.05, 0) is 51.1 Å². The molecule has 0 saturated carbocycles. The minimum absolute atomic E-state index is 0.160. The van der Waals surface area contributed by atoms with Gasteiger partial charge in [-0.1, -0.05) is 13.8 Å². The van der Waals surface area contributed by atoms with Gasteiger partial charge in [0.05, 0.1) is 12.2 Å². The van der Waals surface area contributed by atoms with E-state index in [-0.39, 0.29) is 5.91 Å². The molecular weight excluding hydrogens is 282 g/mol. The molecule has 0 aromatic carbocycles. The molecule has 5 heteroatoms. The average Bonchev–Trinajstić information content (AvgIpc) is 2.85. The average molecular weight is 309 g/mol. The van der Waals surface area contributed by atoms with Crippen LogP contribution in [-0.4, -0.2) is 24.0 Å². The summed E-state index contributed by atoms with van der Waals surface area (Å²) < 4.78 is 0. The molecule has 0 spiro atoms. The quantitative estimate of drug-likeness (QED) is 0.849. The number of rotatable bonds is 6. The first-order valence-electron chi connectivity index (χ1n) is 8.00. The van der Waals surface area contributed by atoms with Crippen molar-refractivity contribution in [3.8, 4) is 0 Å². The number of aryl methyl sites for hydroxylation is 1. The fourth-order valence-corrected chi connectivity index (χ4v) is 3.87. The zero-order valence-corrected chi connectivity index (χ0v) is 14.2. The first-order valence-corrected chi connectivity index (χ1v) is 8.81. The molecule has 0 bridgehead atoms. The summed E-state index contributed by atoms with van der Waals surface area (Å²) in [6, 6.07) is 0. The number of nitrogens with zero attached hydrogens (tertiary/aromatic N) is 1. The maximum absolute atomic E-state index is 11.9. The van der Waals surface area contributed by atoms with E-state index in [4.69, 9.17) is 0 Å². The molecule has 0 unspecified atom stereocenters. The van der Waals surface area contributed by atoms with Gasteiger partial charge in [0.1, 0.15) is 5.01 Å². The highest BCUT2D eigenvalue weighted by Gasteiger charge is 2.15. The molecule has 1 saturated heterocycles. The van der Waals surface area contributed by atoms with E-state index in [0.29, 0.717) is 24.8 Å². The van der Waals surface area contributed by atoms with E-state index in [1.54, 1.807) is 11.3 Å². The summed E-state index contributed by atoms with van der Waals surface area (Å²) in [5.41, 5.74) is 1.17. The van der Waals surface area contributed by atoms with Gasteiger partial charge in [-0.15, -0.1) is 11.3 Å². The molecule has 0 atom stereocenters. The van der Waals surface area contributed by atoms with Crippen LogP contribution in [0.3, 0.4) is 0 Å². The van der Waals surface area contributed by atoms with Gasteiger partial charge in [0.15, 0.2) is 0 Å². The van der Waals surface area contributed by atoms with Crippen LogP contribution < -0.4 is 10.6 Å². The molecule has 21 heavy (non-hydrogen) atoms. The van der Waals surface area contributed by atoms with Crippen LogP contribution in [0.1, 0.15) is 61.0 Å². The Balaban J connectivity index is 1.72. The number of hydrogen-bond donors (Lipinski definition) is 2. The van der Waals surface area contributed by atoms with Crippen LogP contribution in [0.2, 0.25) is 0 Å². The predicted octanol–water partition coefficient (Wildman–Crippen LogP) is 2.97. The van der Waals surface area contributed by atoms with Crippen molar-refractivity contribution in [1.82, 2.24) is 15.6 Å². The molecule has 1 fully saturated rings. The van der Waals surface area contributed by atoms with E-state index in [9.17, 15) is 4.79 Å². The third-order valence-electron chi connectivity index (χ3n) is 4.10. The summed E-state index contributed by atoms with van der Waals surface area (Å²) in [4.78, 5) is 17.8. The molecule has 4 nitrogen and oxygen atoms in total. The highest BCUT2D eigenvalue weighted by molar-refractivity contribution is 7.11. The third kappa shape index (κ3) is 5.08. The normalized spacial score (nSPS) is 16.4. The highest BCUT2D eigenvalue weighted by Crippen LogP contribution is 2.24. The topological polar surface area (TPSA) is 54.0 Å². The standard InChI is InChI=1S/C16H27N3OS/c1-11(2)16-12(3)21-15(19-16)10-18-14(20)5-4-13-6-8-17-9-7-13/h11,13,17H,4-10H2,1-3H3,(H,18,20). The first-order chi connectivity index (χ1) is 10.1. The summed E-state index contributed by atoms with van der Waals surface area (Å²) in [5.74, 6) is 1.32. The van der Waals surface area contributed by atoms with Gasteiger partial charge >= 0.3 is 0 Å². The maximum Gasteiger partial charge on any atom is 0.220 e. The largest absolute Gasteiger partial charge is 0.350 e. The van der Waals surface area contributed by atoms with Gasteiger partial charge in [-0.2, -0.15) is 0 Å². The maximum atomic E-state index is 11.9. The molecule has 2 heterocycles. The molecule has 2 N–H and O–H groups in total. The van der Waals surface area contributed by atoms with Crippen LogP contribution >= 0.6 is 11.3 Å². The summed E-state index contributed by atoms with van der Waals surface area (Å²) in [6.45, 7) is 9.19. The second-order valence-corrected chi connectivity index (χ2v) is 7.50. The molecule has 0 radical (unpaired) electrons. The summed E-state index contributed by atoms with van der Waals surface area (Å²) in [6.07, 6.45) is 4.07. The van der Waals surface area contributed by atoms with E-state index in [2.05, 4.69) is 36.4 Å². The molecule has 1 aliphatic rings. The summed E-state index contributed by atoms with van der Waals surface area (Å²) in [5, 5.41) is 7.39. The number of hydrogen-bond acceptors (Lipinski definition) is 4. The first kappa shape index (κ1) is 16.4.